The van der Waals surface area contributed by atoms with Gasteiger partial charge in [0, 0.05) is 13.6 Å². The molecule has 2 N–H and O–H groups in total. The lowest BCUT2D eigenvalue weighted by Gasteiger charge is -2.30. The number of hydrogen-bond donors (Lipinski definition) is 1. The van der Waals surface area contributed by atoms with Crippen molar-refractivity contribution in [3.63, 3.8) is 0 Å². The first kappa shape index (κ1) is 14.1. The number of anilines is 2. The van der Waals surface area contributed by atoms with Crippen LogP contribution in [0, 0.1) is 11.7 Å². The maximum Gasteiger partial charge on any atom is 0.148 e. The van der Waals surface area contributed by atoms with E-state index in [1.54, 1.807) is 12.1 Å². The Morgan fingerprint density at radius 3 is 2.68 bits per heavy atom. The number of halogens is 1. The van der Waals surface area contributed by atoms with E-state index >= 15 is 0 Å². The third-order valence-corrected chi connectivity index (χ3v) is 4.11. The number of piperidine rings is 1. The lowest BCUT2D eigenvalue weighted by molar-refractivity contribution is 0.213. The Balaban J connectivity index is 1.89. The van der Waals surface area contributed by atoms with Gasteiger partial charge in [-0.1, -0.05) is 6.07 Å². The Bertz CT molecular complexity index is 394. The van der Waals surface area contributed by atoms with Gasteiger partial charge in [0.2, 0.25) is 0 Å². The van der Waals surface area contributed by atoms with Crippen LogP contribution < -0.4 is 10.6 Å². The zero-order chi connectivity index (χ0) is 13.8. The van der Waals surface area contributed by atoms with Crippen molar-refractivity contribution in [2.45, 2.75) is 19.3 Å². The van der Waals surface area contributed by atoms with E-state index in [1.165, 1.54) is 32.0 Å². The first-order valence-corrected chi connectivity index (χ1v) is 7.01. The van der Waals surface area contributed by atoms with E-state index in [0.717, 1.165) is 18.9 Å². The summed E-state index contributed by atoms with van der Waals surface area (Å²) in [6, 6.07) is 4.88. The van der Waals surface area contributed by atoms with Gasteiger partial charge in [0.05, 0.1) is 11.4 Å². The molecule has 1 saturated heterocycles. The highest BCUT2D eigenvalue weighted by atomic mass is 19.1. The van der Waals surface area contributed by atoms with Gasteiger partial charge in [0.25, 0.3) is 0 Å². The van der Waals surface area contributed by atoms with Crippen molar-refractivity contribution in [2.75, 3.05) is 44.4 Å². The quantitative estimate of drug-likeness (QED) is 0.849. The highest BCUT2D eigenvalue weighted by Gasteiger charge is 2.18. The molecule has 2 rings (SSSR count). The van der Waals surface area contributed by atoms with Gasteiger partial charge in [-0.3, -0.25) is 0 Å². The minimum atomic E-state index is -0.231. The molecule has 0 atom stereocenters. The van der Waals surface area contributed by atoms with Crippen molar-refractivity contribution in [3.8, 4) is 0 Å². The van der Waals surface area contributed by atoms with Gasteiger partial charge in [0.1, 0.15) is 5.82 Å². The fraction of sp³-hybridized carbons (Fsp3) is 0.600. The molecule has 0 radical (unpaired) electrons. The van der Waals surface area contributed by atoms with E-state index in [0.29, 0.717) is 11.4 Å². The second kappa shape index (κ2) is 6.24. The third-order valence-electron chi connectivity index (χ3n) is 4.11. The largest absolute Gasteiger partial charge is 0.397 e. The van der Waals surface area contributed by atoms with Crippen LogP contribution in [0.15, 0.2) is 18.2 Å². The number of hydrogen-bond acceptors (Lipinski definition) is 3. The van der Waals surface area contributed by atoms with Crippen molar-refractivity contribution in [2.24, 2.45) is 5.92 Å². The Hall–Kier alpha value is -1.29. The lowest BCUT2D eigenvalue weighted by atomic mass is 9.93. The fourth-order valence-electron chi connectivity index (χ4n) is 2.77. The van der Waals surface area contributed by atoms with Crippen molar-refractivity contribution >= 4 is 11.4 Å². The average Bonchev–Trinajstić information content (AvgIpc) is 2.38. The summed E-state index contributed by atoms with van der Waals surface area (Å²) in [5, 5.41) is 0. The zero-order valence-corrected chi connectivity index (χ0v) is 11.9. The summed E-state index contributed by atoms with van der Waals surface area (Å²) in [4.78, 5) is 4.32. The highest BCUT2D eigenvalue weighted by Crippen LogP contribution is 2.27. The van der Waals surface area contributed by atoms with E-state index in [1.807, 2.05) is 11.9 Å². The van der Waals surface area contributed by atoms with Crippen LogP contribution in [-0.2, 0) is 0 Å². The van der Waals surface area contributed by atoms with Crippen molar-refractivity contribution in [1.82, 2.24) is 4.90 Å². The molecule has 0 amide bonds. The Morgan fingerprint density at radius 1 is 1.37 bits per heavy atom. The molecule has 4 heteroatoms. The Morgan fingerprint density at radius 2 is 2.05 bits per heavy atom. The van der Waals surface area contributed by atoms with Crippen LogP contribution in [0.1, 0.15) is 19.3 Å². The Kier molecular flexibility index (Phi) is 4.64. The number of nitrogens with zero attached hydrogens (tertiary/aromatic N) is 2. The minimum Gasteiger partial charge on any atom is -0.397 e. The van der Waals surface area contributed by atoms with Gasteiger partial charge in [0.15, 0.2) is 0 Å². The molecular formula is C15H24FN3. The van der Waals surface area contributed by atoms with Crippen LogP contribution in [0.25, 0.3) is 0 Å². The van der Waals surface area contributed by atoms with Crippen LogP contribution in [0.2, 0.25) is 0 Å². The summed E-state index contributed by atoms with van der Waals surface area (Å²) in [7, 11) is 4.09. The van der Waals surface area contributed by atoms with Gasteiger partial charge in [-0.05, 0) is 57.5 Å². The van der Waals surface area contributed by atoms with Crippen LogP contribution in [0.3, 0.4) is 0 Å². The van der Waals surface area contributed by atoms with Gasteiger partial charge >= 0.3 is 0 Å². The summed E-state index contributed by atoms with van der Waals surface area (Å²) in [5.41, 5.74) is 6.92. The molecule has 1 aromatic carbocycles. The molecule has 0 aliphatic carbocycles. The van der Waals surface area contributed by atoms with E-state index < -0.39 is 0 Å². The molecule has 3 nitrogen and oxygen atoms in total. The molecule has 0 spiro atoms. The van der Waals surface area contributed by atoms with Crippen molar-refractivity contribution in [3.05, 3.63) is 24.0 Å². The molecular weight excluding hydrogens is 241 g/mol. The summed E-state index contributed by atoms with van der Waals surface area (Å²) in [6.45, 7) is 3.21. The van der Waals surface area contributed by atoms with Crippen LogP contribution in [0.4, 0.5) is 15.8 Å². The molecule has 19 heavy (non-hydrogen) atoms. The minimum absolute atomic E-state index is 0.231. The molecule has 0 saturated carbocycles. The van der Waals surface area contributed by atoms with E-state index in [9.17, 15) is 4.39 Å². The van der Waals surface area contributed by atoms with Gasteiger partial charge in [-0.2, -0.15) is 0 Å². The van der Waals surface area contributed by atoms with Gasteiger partial charge < -0.3 is 15.5 Å². The first-order valence-electron chi connectivity index (χ1n) is 7.01. The molecule has 0 unspecified atom stereocenters. The number of rotatable bonds is 4. The summed E-state index contributed by atoms with van der Waals surface area (Å²) in [6.07, 6.45) is 3.60. The van der Waals surface area contributed by atoms with Crippen LogP contribution >= 0.6 is 0 Å². The summed E-state index contributed by atoms with van der Waals surface area (Å²) in [5.74, 6) is 0.525. The van der Waals surface area contributed by atoms with E-state index in [-0.39, 0.29) is 5.82 Å². The molecule has 1 aliphatic rings. The first-order chi connectivity index (χ1) is 9.08. The maximum absolute atomic E-state index is 13.8. The Labute approximate surface area is 115 Å². The van der Waals surface area contributed by atoms with E-state index in [4.69, 9.17) is 5.73 Å². The van der Waals surface area contributed by atoms with Gasteiger partial charge in [-0.15, -0.1) is 0 Å². The molecule has 0 bridgehead atoms. The predicted molar refractivity (Wildman–Crippen MR) is 78.9 cm³/mol. The number of likely N-dealkylation sites (tertiary alicyclic amines) is 1. The number of para-hydroxylation sites is 1. The normalized spacial score (nSPS) is 17.6. The molecule has 106 valence electrons. The topological polar surface area (TPSA) is 32.5 Å². The number of nitrogen functional groups attached to an aromatic ring is 1. The molecule has 1 aliphatic heterocycles. The SMILES string of the molecule is CN1CCC(CCN(C)c2c(N)cccc2F)CC1. The second-order valence-electron chi connectivity index (χ2n) is 5.63. The number of nitrogens with two attached hydrogens (primary N) is 1. The average molecular weight is 265 g/mol. The molecule has 1 heterocycles. The lowest BCUT2D eigenvalue weighted by Crippen LogP contribution is -2.32. The van der Waals surface area contributed by atoms with E-state index in [2.05, 4.69) is 11.9 Å². The molecule has 1 aromatic rings. The third kappa shape index (κ3) is 3.60. The highest BCUT2D eigenvalue weighted by molar-refractivity contribution is 5.67. The summed E-state index contributed by atoms with van der Waals surface area (Å²) >= 11 is 0. The number of benzene rings is 1. The zero-order valence-electron chi connectivity index (χ0n) is 11.9. The van der Waals surface area contributed by atoms with Crippen molar-refractivity contribution in [1.29, 1.82) is 0 Å². The second-order valence-corrected chi connectivity index (χ2v) is 5.63. The summed E-state index contributed by atoms with van der Waals surface area (Å²) < 4.78 is 13.8. The predicted octanol–water partition coefficient (Wildman–Crippen LogP) is 2.58. The smallest absolute Gasteiger partial charge is 0.148 e. The van der Waals surface area contributed by atoms with Crippen molar-refractivity contribution < 1.29 is 4.39 Å². The molecule has 1 fully saturated rings. The molecule has 0 aromatic heterocycles. The van der Waals surface area contributed by atoms with Crippen LogP contribution in [-0.4, -0.2) is 38.6 Å². The standard InChI is InChI=1S/C15H24FN3/c1-18-9-6-12(7-10-18)8-11-19(2)15-13(16)4-3-5-14(15)17/h3-5,12H,6-11,17H2,1-2H3. The fourth-order valence-corrected chi connectivity index (χ4v) is 2.77. The van der Waals surface area contributed by atoms with Gasteiger partial charge in [-0.25, -0.2) is 4.39 Å². The van der Waals surface area contributed by atoms with Crippen LogP contribution in [0.5, 0.6) is 0 Å². The monoisotopic (exact) mass is 265 g/mol. The maximum atomic E-state index is 13.8.